The maximum Gasteiger partial charge on any atom is 0.238 e. The number of piperazine rings is 1. The molecule has 0 saturated carbocycles. The van der Waals surface area contributed by atoms with E-state index in [1.165, 1.54) is 6.07 Å². The van der Waals surface area contributed by atoms with E-state index in [0.29, 0.717) is 36.4 Å². The van der Waals surface area contributed by atoms with Gasteiger partial charge in [-0.15, -0.1) is 0 Å². The fourth-order valence-corrected chi connectivity index (χ4v) is 3.97. The van der Waals surface area contributed by atoms with Gasteiger partial charge < -0.3 is 10.6 Å². The van der Waals surface area contributed by atoms with E-state index in [9.17, 15) is 14.0 Å². The Hall–Kier alpha value is -1.99. The summed E-state index contributed by atoms with van der Waals surface area (Å²) in [5, 5.41) is 5.84. The predicted molar refractivity (Wildman–Crippen MR) is 103 cm³/mol. The lowest BCUT2D eigenvalue weighted by atomic mass is 10.1. The Labute approximate surface area is 160 Å². The molecule has 6 nitrogen and oxygen atoms in total. The Balaban J connectivity index is 1.47. The van der Waals surface area contributed by atoms with Crippen LogP contribution in [0.1, 0.15) is 32.8 Å². The minimum absolute atomic E-state index is 0.0472. The Morgan fingerprint density at radius 3 is 2.22 bits per heavy atom. The van der Waals surface area contributed by atoms with Crippen molar-refractivity contribution in [1.82, 2.24) is 15.1 Å². The Kier molecular flexibility index (Phi) is 5.53. The monoisotopic (exact) mass is 376 g/mol. The minimum Gasteiger partial charge on any atom is -0.350 e. The third-order valence-corrected chi connectivity index (χ3v) is 5.12. The molecule has 2 aliphatic rings. The van der Waals surface area contributed by atoms with Crippen molar-refractivity contribution in [2.75, 3.05) is 31.5 Å². The first-order valence-electron chi connectivity index (χ1n) is 9.46. The van der Waals surface area contributed by atoms with Crippen molar-refractivity contribution in [3.05, 3.63) is 29.6 Å². The van der Waals surface area contributed by atoms with Gasteiger partial charge in [0.15, 0.2) is 0 Å². The van der Waals surface area contributed by atoms with Crippen molar-refractivity contribution in [2.45, 2.75) is 51.7 Å². The summed E-state index contributed by atoms with van der Waals surface area (Å²) in [6.45, 7) is 9.94. The van der Waals surface area contributed by atoms with Crippen LogP contribution in [0.5, 0.6) is 0 Å². The zero-order chi connectivity index (χ0) is 19.8. The van der Waals surface area contributed by atoms with E-state index in [0.717, 1.165) is 19.5 Å². The number of fused-ring (bicyclic) bond motifs is 2. The van der Waals surface area contributed by atoms with Crippen molar-refractivity contribution in [3.63, 3.8) is 0 Å². The number of aryl methyl sites for hydroxylation is 1. The molecule has 0 spiro atoms. The molecule has 27 heavy (non-hydrogen) atoms. The van der Waals surface area contributed by atoms with Gasteiger partial charge in [0, 0.05) is 36.4 Å². The highest BCUT2D eigenvalue weighted by Crippen LogP contribution is 2.30. The predicted octanol–water partition coefficient (Wildman–Crippen LogP) is 1.75. The lowest BCUT2D eigenvalue weighted by Gasteiger charge is -2.34. The van der Waals surface area contributed by atoms with Crippen LogP contribution in [0.3, 0.4) is 0 Å². The zero-order valence-electron chi connectivity index (χ0n) is 16.5. The molecular formula is C20H29FN4O2. The van der Waals surface area contributed by atoms with Gasteiger partial charge in [-0.05, 0) is 57.9 Å². The van der Waals surface area contributed by atoms with Gasteiger partial charge in [-0.1, -0.05) is 0 Å². The first kappa shape index (κ1) is 19.8. The largest absolute Gasteiger partial charge is 0.350 e. The Bertz CT molecular complexity index is 731. The average molecular weight is 376 g/mol. The Morgan fingerprint density at radius 1 is 1.11 bits per heavy atom. The molecule has 0 aromatic heterocycles. The van der Waals surface area contributed by atoms with Crippen LogP contribution in [0.2, 0.25) is 0 Å². The number of nitrogens with zero attached hydrogens (tertiary/aromatic N) is 2. The number of nitrogens with one attached hydrogen (secondary N) is 2. The van der Waals surface area contributed by atoms with Gasteiger partial charge in [-0.3, -0.25) is 19.4 Å². The summed E-state index contributed by atoms with van der Waals surface area (Å²) in [6, 6.07) is 5.20. The zero-order valence-corrected chi connectivity index (χ0v) is 16.5. The van der Waals surface area contributed by atoms with Crippen LogP contribution >= 0.6 is 0 Å². The van der Waals surface area contributed by atoms with Gasteiger partial charge in [0.05, 0.1) is 13.1 Å². The van der Waals surface area contributed by atoms with Gasteiger partial charge in [-0.25, -0.2) is 4.39 Å². The molecule has 2 fully saturated rings. The number of halogens is 1. The number of carbonyl (C=O) groups is 2. The molecule has 7 heteroatoms. The van der Waals surface area contributed by atoms with Crippen LogP contribution in [0.15, 0.2) is 18.2 Å². The van der Waals surface area contributed by atoms with Crippen LogP contribution in [0, 0.1) is 12.7 Å². The van der Waals surface area contributed by atoms with Crippen molar-refractivity contribution >= 4 is 17.5 Å². The lowest BCUT2D eigenvalue weighted by molar-refractivity contribution is -0.124. The van der Waals surface area contributed by atoms with E-state index in [1.54, 1.807) is 19.1 Å². The highest BCUT2D eigenvalue weighted by Gasteiger charge is 2.44. The first-order chi connectivity index (χ1) is 12.6. The quantitative estimate of drug-likeness (QED) is 0.822. The summed E-state index contributed by atoms with van der Waals surface area (Å²) in [5.74, 6) is -0.322. The molecule has 2 N–H and O–H groups in total. The maximum atomic E-state index is 13.3. The molecule has 2 amide bonds. The number of rotatable bonds is 5. The smallest absolute Gasteiger partial charge is 0.238 e. The van der Waals surface area contributed by atoms with Gasteiger partial charge >= 0.3 is 0 Å². The highest BCUT2D eigenvalue weighted by molar-refractivity contribution is 5.92. The second-order valence-corrected chi connectivity index (χ2v) is 8.71. The molecule has 2 bridgehead atoms. The van der Waals surface area contributed by atoms with Crippen molar-refractivity contribution in [3.8, 4) is 0 Å². The molecule has 2 aliphatic heterocycles. The Morgan fingerprint density at radius 2 is 1.70 bits per heavy atom. The number of carbonyl (C=O) groups excluding carboxylic acids is 2. The summed E-state index contributed by atoms with van der Waals surface area (Å²) >= 11 is 0. The number of benzene rings is 1. The van der Waals surface area contributed by atoms with E-state index in [-0.39, 0.29) is 23.2 Å². The first-order valence-corrected chi connectivity index (χ1v) is 9.46. The molecular weight excluding hydrogens is 347 g/mol. The third kappa shape index (κ3) is 5.05. The van der Waals surface area contributed by atoms with Crippen LogP contribution in [-0.2, 0) is 9.59 Å². The van der Waals surface area contributed by atoms with Gasteiger partial charge in [0.25, 0.3) is 0 Å². The molecule has 1 aromatic rings. The normalized spacial score (nSPS) is 22.9. The second-order valence-electron chi connectivity index (χ2n) is 8.71. The van der Waals surface area contributed by atoms with Crippen LogP contribution in [-0.4, -0.2) is 65.4 Å². The van der Waals surface area contributed by atoms with E-state index in [4.69, 9.17) is 0 Å². The summed E-state index contributed by atoms with van der Waals surface area (Å²) in [4.78, 5) is 28.9. The number of hydrogen-bond acceptors (Lipinski definition) is 4. The molecule has 2 heterocycles. The summed E-state index contributed by atoms with van der Waals surface area (Å²) in [7, 11) is 0. The molecule has 2 saturated heterocycles. The van der Waals surface area contributed by atoms with Crippen LogP contribution in [0.25, 0.3) is 0 Å². The van der Waals surface area contributed by atoms with Crippen molar-refractivity contribution < 1.29 is 14.0 Å². The summed E-state index contributed by atoms with van der Waals surface area (Å²) < 4.78 is 13.3. The molecule has 3 rings (SSSR count). The van der Waals surface area contributed by atoms with E-state index in [2.05, 4.69) is 20.4 Å². The van der Waals surface area contributed by atoms with Crippen LogP contribution < -0.4 is 10.6 Å². The molecule has 0 radical (unpaired) electrons. The highest BCUT2D eigenvalue weighted by atomic mass is 19.1. The minimum atomic E-state index is -0.277. The van der Waals surface area contributed by atoms with Gasteiger partial charge in [0.2, 0.25) is 11.8 Å². The fourth-order valence-electron chi connectivity index (χ4n) is 3.97. The molecule has 2 atom stereocenters. The lowest BCUT2D eigenvalue weighted by Crippen LogP contribution is -2.52. The van der Waals surface area contributed by atoms with Crippen molar-refractivity contribution in [2.24, 2.45) is 0 Å². The average Bonchev–Trinajstić information content (AvgIpc) is 3.08. The van der Waals surface area contributed by atoms with E-state index >= 15 is 0 Å². The third-order valence-electron chi connectivity index (χ3n) is 5.12. The van der Waals surface area contributed by atoms with E-state index < -0.39 is 0 Å². The van der Waals surface area contributed by atoms with E-state index in [1.807, 2.05) is 20.8 Å². The van der Waals surface area contributed by atoms with Crippen LogP contribution in [0.4, 0.5) is 10.1 Å². The summed E-state index contributed by atoms with van der Waals surface area (Å²) in [5.41, 5.74) is 0.902. The summed E-state index contributed by atoms with van der Waals surface area (Å²) in [6.07, 6.45) is 0.992. The number of likely N-dealkylation sites (tertiary alicyclic amines) is 2. The molecule has 0 unspecified atom stereocenters. The SMILES string of the molecule is Cc1cc(NC(=O)CN2C[C@@H]3C[C@H]2CN3CC(=O)NC(C)(C)C)ccc1F. The van der Waals surface area contributed by atoms with Crippen molar-refractivity contribution in [1.29, 1.82) is 0 Å². The number of hydrogen-bond donors (Lipinski definition) is 2. The molecule has 0 aliphatic carbocycles. The molecule has 1 aromatic carbocycles. The standard InChI is InChI=1S/C20H29FN4O2/c1-13-7-14(5-6-17(13)21)22-18(26)11-24-9-16-8-15(24)10-25(16)12-19(27)23-20(2,3)4/h5-7,15-16H,8-12H2,1-4H3,(H,22,26)(H,23,27)/t15-,16-/m0/s1. The number of amides is 2. The number of anilines is 1. The van der Waals surface area contributed by atoms with Gasteiger partial charge in [0.1, 0.15) is 5.82 Å². The topological polar surface area (TPSA) is 64.7 Å². The fraction of sp³-hybridized carbons (Fsp3) is 0.600. The molecule has 148 valence electrons. The second kappa shape index (κ2) is 7.56. The van der Waals surface area contributed by atoms with Gasteiger partial charge in [-0.2, -0.15) is 0 Å². The maximum absolute atomic E-state index is 13.3.